The number of benzene rings is 1. The highest BCUT2D eigenvalue weighted by Gasteiger charge is 2.40. The Bertz CT molecular complexity index is 1400. The van der Waals surface area contributed by atoms with Gasteiger partial charge in [-0.2, -0.15) is 28.5 Å². The van der Waals surface area contributed by atoms with E-state index in [9.17, 15) is 22.4 Å². The number of pyridine rings is 1. The van der Waals surface area contributed by atoms with Gasteiger partial charge in [0.2, 0.25) is 5.69 Å². The van der Waals surface area contributed by atoms with E-state index >= 15 is 0 Å². The van der Waals surface area contributed by atoms with Crippen molar-refractivity contribution >= 4 is 17.3 Å². The average Bonchev–Trinajstić information content (AvgIpc) is 3.46. The molecular weight excluding hydrogens is 456 g/mol. The summed E-state index contributed by atoms with van der Waals surface area (Å²) in [6.07, 6.45) is -0.198. The van der Waals surface area contributed by atoms with E-state index in [-0.39, 0.29) is 29.3 Å². The first-order valence-corrected chi connectivity index (χ1v) is 9.61. The van der Waals surface area contributed by atoms with Crippen LogP contribution in [0.5, 0.6) is 0 Å². The monoisotopic (exact) mass is 470 g/mol. The zero-order chi connectivity index (χ0) is 24.5. The smallest absolute Gasteiger partial charge is 0.322 e. The molecular formula is C21H14F4N8O. The molecule has 0 bridgehead atoms. The van der Waals surface area contributed by atoms with E-state index in [2.05, 4.69) is 30.4 Å². The molecule has 34 heavy (non-hydrogen) atoms. The summed E-state index contributed by atoms with van der Waals surface area (Å²) in [5.41, 5.74) is -1.20. The lowest BCUT2D eigenvalue weighted by Gasteiger charge is -2.14. The molecule has 0 fully saturated rings. The largest absolute Gasteiger partial charge is 0.433 e. The average molecular weight is 470 g/mol. The van der Waals surface area contributed by atoms with E-state index in [1.807, 2.05) is 0 Å². The molecule has 172 valence electrons. The lowest BCUT2D eigenvalue weighted by Crippen LogP contribution is -2.22. The molecule has 0 saturated heterocycles. The molecule has 0 aliphatic rings. The zero-order valence-corrected chi connectivity index (χ0v) is 17.4. The van der Waals surface area contributed by atoms with Crippen molar-refractivity contribution in [2.45, 2.75) is 19.6 Å². The summed E-state index contributed by atoms with van der Waals surface area (Å²) >= 11 is 0. The second-order valence-electron chi connectivity index (χ2n) is 7.08. The first-order chi connectivity index (χ1) is 16.2. The van der Waals surface area contributed by atoms with Gasteiger partial charge in [0.05, 0.1) is 43.5 Å². The van der Waals surface area contributed by atoms with E-state index in [1.165, 1.54) is 36.8 Å². The number of alkyl halides is 3. The predicted octanol–water partition coefficient (Wildman–Crippen LogP) is 4.18. The van der Waals surface area contributed by atoms with Crippen LogP contribution in [0, 0.1) is 19.3 Å². The first-order valence-electron chi connectivity index (χ1n) is 9.61. The zero-order valence-electron chi connectivity index (χ0n) is 17.4. The van der Waals surface area contributed by atoms with E-state index in [0.29, 0.717) is 10.2 Å². The SMILES string of the molecule is [C-]#[N+]c1cc(NC(=O)c2cnn(Cc3cc(F)ccc3C)c2C(F)(F)F)cnc1-n1nccn1. The van der Waals surface area contributed by atoms with E-state index in [0.717, 1.165) is 17.1 Å². The molecule has 1 amide bonds. The Morgan fingerprint density at radius 3 is 2.56 bits per heavy atom. The van der Waals surface area contributed by atoms with E-state index in [1.54, 1.807) is 6.92 Å². The van der Waals surface area contributed by atoms with Crippen LogP contribution >= 0.6 is 0 Å². The van der Waals surface area contributed by atoms with Crippen molar-refractivity contribution < 1.29 is 22.4 Å². The molecule has 0 saturated carbocycles. The number of amides is 1. The van der Waals surface area contributed by atoms with Crippen molar-refractivity contribution in [1.29, 1.82) is 0 Å². The van der Waals surface area contributed by atoms with Crippen LogP contribution < -0.4 is 5.32 Å². The fraction of sp³-hybridized carbons (Fsp3) is 0.143. The number of hydrogen-bond acceptors (Lipinski definition) is 5. The van der Waals surface area contributed by atoms with Gasteiger partial charge in [-0.05, 0) is 36.2 Å². The maximum Gasteiger partial charge on any atom is 0.433 e. The van der Waals surface area contributed by atoms with Crippen molar-refractivity contribution in [3.05, 3.63) is 88.7 Å². The van der Waals surface area contributed by atoms with Crippen LogP contribution in [0.25, 0.3) is 10.7 Å². The lowest BCUT2D eigenvalue weighted by atomic mass is 10.1. The Kier molecular flexibility index (Phi) is 5.80. The standard InChI is InChI=1S/C21H14F4N8O/c1-12-3-4-14(22)7-13(12)11-32-18(21(23,24)25)16(10-30-32)20(34)31-15-8-17(26-2)19(27-9-15)33-28-5-6-29-33/h3-10H,11H2,1H3,(H,31,34). The van der Waals surface area contributed by atoms with Crippen molar-refractivity contribution in [3.8, 4) is 5.82 Å². The van der Waals surface area contributed by atoms with Gasteiger partial charge in [-0.25, -0.2) is 14.2 Å². The van der Waals surface area contributed by atoms with Crippen LogP contribution in [-0.4, -0.2) is 35.7 Å². The quantitative estimate of drug-likeness (QED) is 0.349. The molecule has 0 atom stereocenters. The summed E-state index contributed by atoms with van der Waals surface area (Å²) in [4.78, 5) is 21.1. The molecule has 3 aromatic heterocycles. The van der Waals surface area contributed by atoms with E-state index in [4.69, 9.17) is 6.57 Å². The molecule has 1 N–H and O–H groups in total. The van der Waals surface area contributed by atoms with Crippen LogP contribution in [0.4, 0.5) is 28.9 Å². The molecule has 0 aliphatic carbocycles. The highest BCUT2D eigenvalue weighted by Crippen LogP contribution is 2.33. The minimum atomic E-state index is -4.92. The Balaban J connectivity index is 1.65. The number of hydrogen-bond donors (Lipinski definition) is 1. The van der Waals surface area contributed by atoms with Crippen molar-refractivity contribution in [2.24, 2.45) is 0 Å². The minimum Gasteiger partial charge on any atom is -0.322 e. The number of anilines is 1. The maximum atomic E-state index is 13.9. The van der Waals surface area contributed by atoms with Crippen LogP contribution in [0.3, 0.4) is 0 Å². The third-order valence-electron chi connectivity index (χ3n) is 4.82. The summed E-state index contributed by atoms with van der Waals surface area (Å²) in [6, 6.07) is 5.00. The second kappa shape index (κ2) is 8.74. The summed E-state index contributed by atoms with van der Waals surface area (Å²) < 4.78 is 55.8. The summed E-state index contributed by atoms with van der Waals surface area (Å²) in [5.74, 6) is -1.61. The number of carbonyl (C=O) groups is 1. The molecule has 0 unspecified atom stereocenters. The van der Waals surface area contributed by atoms with Gasteiger partial charge in [0.1, 0.15) is 5.82 Å². The topological polar surface area (TPSA) is 94.9 Å². The fourth-order valence-corrected chi connectivity index (χ4v) is 3.22. The Morgan fingerprint density at radius 2 is 1.88 bits per heavy atom. The van der Waals surface area contributed by atoms with Crippen molar-refractivity contribution in [1.82, 2.24) is 29.8 Å². The molecule has 0 aliphatic heterocycles. The first kappa shape index (κ1) is 22.6. The molecule has 1 aromatic carbocycles. The molecule has 9 nitrogen and oxygen atoms in total. The third kappa shape index (κ3) is 4.46. The van der Waals surface area contributed by atoms with Gasteiger partial charge < -0.3 is 5.32 Å². The van der Waals surface area contributed by atoms with Gasteiger partial charge in [-0.3, -0.25) is 9.48 Å². The normalized spacial score (nSPS) is 11.3. The number of carbonyl (C=O) groups excluding carboxylic acids is 1. The van der Waals surface area contributed by atoms with Gasteiger partial charge in [0.15, 0.2) is 11.5 Å². The molecule has 3 heterocycles. The number of rotatable bonds is 5. The number of aryl methyl sites for hydroxylation is 1. The number of halogens is 4. The lowest BCUT2D eigenvalue weighted by molar-refractivity contribution is -0.144. The Hall–Kier alpha value is -4.60. The molecule has 4 aromatic rings. The molecule has 0 spiro atoms. The summed E-state index contributed by atoms with van der Waals surface area (Å²) in [7, 11) is 0. The van der Waals surface area contributed by atoms with Gasteiger partial charge in [-0.15, -0.1) is 4.80 Å². The second-order valence-corrected chi connectivity index (χ2v) is 7.08. The Labute approximate surface area is 189 Å². The summed E-state index contributed by atoms with van der Waals surface area (Å²) in [5, 5.41) is 13.8. The molecule has 4 rings (SSSR count). The van der Waals surface area contributed by atoms with Crippen LogP contribution in [0.2, 0.25) is 0 Å². The number of nitrogens with one attached hydrogen (secondary N) is 1. The minimum absolute atomic E-state index is 0.00578. The highest BCUT2D eigenvalue weighted by atomic mass is 19.4. The maximum absolute atomic E-state index is 13.9. The molecule has 0 radical (unpaired) electrons. The van der Waals surface area contributed by atoms with Crippen molar-refractivity contribution in [2.75, 3.05) is 5.32 Å². The van der Waals surface area contributed by atoms with E-state index < -0.39 is 29.2 Å². The predicted molar refractivity (Wildman–Crippen MR) is 111 cm³/mol. The van der Waals surface area contributed by atoms with Gasteiger partial charge in [0, 0.05) is 5.69 Å². The Morgan fingerprint density at radius 1 is 1.15 bits per heavy atom. The molecule has 13 heteroatoms. The van der Waals surface area contributed by atoms with Gasteiger partial charge in [0.25, 0.3) is 5.91 Å². The fourth-order valence-electron chi connectivity index (χ4n) is 3.22. The van der Waals surface area contributed by atoms with Crippen LogP contribution in [-0.2, 0) is 12.7 Å². The van der Waals surface area contributed by atoms with Crippen molar-refractivity contribution in [3.63, 3.8) is 0 Å². The number of aromatic nitrogens is 6. The number of nitrogens with zero attached hydrogens (tertiary/aromatic N) is 7. The summed E-state index contributed by atoms with van der Waals surface area (Å²) in [6.45, 7) is 8.54. The van der Waals surface area contributed by atoms with Gasteiger partial charge >= 0.3 is 6.18 Å². The third-order valence-corrected chi connectivity index (χ3v) is 4.82. The van der Waals surface area contributed by atoms with Gasteiger partial charge in [-0.1, -0.05) is 6.07 Å². The van der Waals surface area contributed by atoms with Crippen LogP contribution in [0.1, 0.15) is 27.2 Å². The highest BCUT2D eigenvalue weighted by molar-refractivity contribution is 6.05. The van der Waals surface area contributed by atoms with Crippen LogP contribution in [0.15, 0.2) is 49.1 Å².